The number of carbonyl (C=O) groups excluding carboxylic acids is 2. The molecule has 0 saturated carbocycles. The molecule has 0 unspecified atom stereocenters. The number of likely N-dealkylation sites (tertiary alicyclic amines) is 1. The predicted molar refractivity (Wildman–Crippen MR) is 105 cm³/mol. The van der Waals surface area contributed by atoms with Crippen LogP contribution in [0.15, 0.2) is 43.0 Å². The summed E-state index contributed by atoms with van der Waals surface area (Å²) in [4.78, 5) is 41.4. The number of aromatic amines is 1. The second-order valence-corrected chi connectivity index (χ2v) is 7.00. The van der Waals surface area contributed by atoms with Gasteiger partial charge < -0.3 is 19.9 Å². The van der Waals surface area contributed by atoms with Gasteiger partial charge in [0.1, 0.15) is 18.5 Å². The summed E-state index contributed by atoms with van der Waals surface area (Å²) in [7, 11) is 0. The number of piperidine rings is 1. The second kappa shape index (κ2) is 8.68. The molecular formula is C20H22N6O3. The first-order valence-electron chi connectivity index (χ1n) is 9.58. The van der Waals surface area contributed by atoms with Gasteiger partial charge in [-0.2, -0.15) is 0 Å². The molecule has 0 radical (unpaired) electrons. The van der Waals surface area contributed by atoms with Crippen molar-refractivity contribution in [1.82, 2.24) is 30.2 Å². The zero-order valence-electron chi connectivity index (χ0n) is 15.9. The van der Waals surface area contributed by atoms with Crippen molar-refractivity contribution in [3.8, 4) is 0 Å². The number of amides is 2. The Balaban J connectivity index is 1.22. The molecule has 1 aromatic carbocycles. The molecule has 0 atom stereocenters. The van der Waals surface area contributed by atoms with Crippen LogP contribution in [-0.4, -0.2) is 56.5 Å². The molecular weight excluding hydrogens is 372 g/mol. The maximum atomic E-state index is 12.5. The minimum Gasteiger partial charge on any atom is -0.445 e. The SMILES string of the molecule is O=C(NCC1CCN(C(=O)OCc2ccccc2)CC1)c1ncnc2nc[nH]c12. The highest BCUT2D eigenvalue weighted by atomic mass is 16.6. The Hall–Kier alpha value is -3.49. The molecule has 4 rings (SSSR count). The highest BCUT2D eigenvalue weighted by molar-refractivity contribution is 6.01. The van der Waals surface area contributed by atoms with E-state index in [1.165, 1.54) is 12.7 Å². The monoisotopic (exact) mass is 394 g/mol. The largest absolute Gasteiger partial charge is 0.445 e. The van der Waals surface area contributed by atoms with Gasteiger partial charge in [0.05, 0.1) is 6.33 Å². The molecule has 0 bridgehead atoms. The van der Waals surface area contributed by atoms with Crippen LogP contribution in [0.5, 0.6) is 0 Å². The van der Waals surface area contributed by atoms with E-state index in [1.807, 2.05) is 30.3 Å². The summed E-state index contributed by atoms with van der Waals surface area (Å²) in [5.74, 6) is 0.0440. The Labute approximate surface area is 167 Å². The summed E-state index contributed by atoms with van der Waals surface area (Å²) < 4.78 is 5.39. The molecule has 0 spiro atoms. The molecule has 1 saturated heterocycles. The lowest BCUT2D eigenvalue weighted by atomic mass is 9.97. The first-order valence-corrected chi connectivity index (χ1v) is 9.58. The number of rotatable bonds is 5. The van der Waals surface area contributed by atoms with E-state index in [1.54, 1.807) is 4.90 Å². The highest BCUT2D eigenvalue weighted by Crippen LogP contribution is 2.18. The van der Waals surface area contributed by atoms with Crippen LogP contribution in [0.4, 0.5) is 4.79 Å². The number of aromatic nitrogens is 4. The number of ether oxygens (including phenoxy) is 1. The Morgan fingerprint density at radius 1 is 1.14 bits per heavy atom. The number of H-pyrrole nitrogens is 1. The number of nitrogens with one attached hydrogen (secondary N) is 2. The molecule has 2 N–H and O–H groups in total. The number of hydrogen-bond acceptors (Lipinski definition) is 6. The predicted octanol–water partition coefficient (Wildman–Crippen LogP) is 2.13. The van der Waals surface area contributed by atoms with Gasteiger partial charge in [-0.25, -0.2) is 19.7 Å². The van der Waals surface area contributed by atoms with E-state index in [2.05, 4.69) is 25.3 Å². The number of carbonyl (C=O) groups is 2. The maximum absolute atomic E-state index is 12.5. The van der Waals surface area contributed by atoms with Crippen LogP contribution in [0.2, 0.25) is 0 Å². The number of imidazole rings is 1. The molecule has 2 amide bonds. The average Bonchev–Trinajstić information content (AvgIpc) is 3.26. The van der Waals surface area contributed by atoms with Gasteiger partial charge in [0.15, 0.2) is 11.3 Å². The molecule has 1 fully saturated rings. The van der Waals surface area contributed by atoms with Gasteiger partial charge >= 0.3 is 6.09 Å². The normalized spacial score (nSPS) is 14.7. The fraction of sp³-hybridized carbons (Fsp3) is 0.350. The minimum absolute atomic E-state index is 0.258. The van der Waals surface area contributed by atoms with Crippen LogP contribution in [0.1, 0.15) is 28.9 Å². The average molecular weight is 394 g/mol. The van der Waals surface area contributed by atoms with Gasteiger partial charge in [-0.05, 0) is 24.3 Å². The summed E-state index contributed by atoms with van der Waals surface area (Å²) in [6.07, 6.45) is 4.15. The third kappa shape index (κ3) is 4.50. The van der Waals surface area contributed by atoms with Crippen LogP contribution in [0.3, 0.4) is 0 Å². The molecule has 0 aliphatic carbocycles. The first-order chi connectivity index (χ1) is 14.2. The topological polar surface area (TPSA) is 113 Å². The van der Waals surface area contributed by atoms with Crippen molar-refractivity contribution in [3.63, 3.8) is 0 Å². The summed E-state index contributed by atoms with van der Waals surface area (Å²) >= 11 is 0. The van der Waals surface area contributed by atoms with Crippen LogP contribution >= 0.6 is 0 Å². The lowest BCUT2D eigenvalue weighted by molar-refractivity contribution is 0.0800. The van der Waals surface area contributed by atoms with E-state index in [4.69, 9.17) is 4.74 Å². The van der Waals surface area contributed by atoms with Crippen molar-refractivity contribution in [2.24, 2.45) is 5.92 Å². The van der Waals surface area contributed by atoms with Crippen molar-refractivity contribution in [2.75, 3.05) is 19.6 Å². The van der Waals surface area contributed by atoms with Crippen LogP contribution in [-0.2, 0) is 11.3 Å². The Morgan fingerprint density at radius 2 is 1.93 bits per heavy atom. The van der Waals surface area contributed by atoms with E-state index in [9.17, 15) is 9.59 Å². The van der Waals surface area contributed by atoms with Crippen molar-refractivity contribution < 1.29 is 14.3 Å². The van der Waals surface area contributed by atoms with E-state index in [0.717, 1.165) is 18.4 Å². The fourth-order valence-electron chi connectivity index (χ4n) is 3.39. The molecule has 3 aromatic rings. The number of nitrogens with zero attached hydrogens (tertiary/aromatic N) is 4. The van der Waals surface area contributed by atoms with Gasteiger partial charge in [0, 0.05) is 19.6 Å². The molecule has 1 aliphatic rings. The highest BCUT2D eigenvalue weighted by Gasteiger charge is 2.24. The summed E-state index contributed by atoms with van der Waals surface area (Å²) in [6, 6.07) is 9.62. The molecule has 1 aliphatic heterocycles. The standard InChI is InChI=1S/C20H22N6O3/c27-19(17-16-18(24-12-22-16)25-13-23-17)21-10-14-6-8-26(9-7-14)20(28)29-11-15-4-2-1-3-5-15/h1-5,12-14H,6-11H2,(H,21,27)(H,22,23,24,25). The summed E-state index contributed by atoms with van der Waals surface area (Å²) in [5, 5.41) is 2.93. The number of benzene rings is 1. The summed E-state index contributed by atoms with van der Waals surface area (Å²) in [5.41, 5.74) is 2.25. The Morgan fingerprint density at radius 3 is 2.72 bits per heavy atom. The number of fused-ring (bicyclic) bond motifs is 1. The molecule has 29 heavy (non-hydrogen) atoms. The molecule has 3 heterocycles. The van der Waals surface area contributed by atoms with E-state index in [0.29, 0.717) is 36.7 Å². The third-order valence-corrected chi connectivity index (χ3v) is 5.07. The van der Waals surface area contributed by atoms with Gasteiger partial charge in [0.2, 0.25) is 0 Å². The van der Waals surface area contributed by atoms with Crippen molar-refractivity contribution in [3.05, 3.63) is 54.2 Å². The van der Waals surface area contributed by atoms with Crippen molar-refractivity contribution >= 4 is 23.2 Å². The lowest BCUT2D eigenvalue weighted by Gasteiger charge is -2.31. The fourth-order valence-corrected chi connectivity index (χ4v) is 3.39. The van der Waals surface area contributed by atoms with Gasteiger partial charge in [-0.3, -0.25) is 4.79 Å². The third-order valence-electron chi connectivity index (χ3n) is 5.07. The molecule has 2 aromatic heterocycles. The zero-order chi connectivity index (χ0) is 20.1. The van der Waals surface area contributed by atoms with E-state index >= 15 is 0 Å². The van der Waals surface area contributed by atoms with E-state index in [-0.39, 0.29) is 24.3 Å². The first kappa shape index (κ1) is 18.9. The van der Waals surface area contributed by atoms with Gasteiger partial charge in [-0.1, -0.05) is 30.3 Å². The van der Waals surface area contributed by atoms with Crippen LogP contribution in [0.25, 0.3) is 11.2 Å². The Kier molecular flexibility index (Phi) is 5.64. The van der Waals surface area contributed by atoms with Crippen LogP contribution < -0.4 is 5.32 Å². The lowest BCUT2D eigenvalue weighted by Crippen LogP contribution is -2.41. The maximum Gasteiger partial charge on any atom is 0.410 e. The smallest absolute Gasteiger partial charge is 0.410 e. The molecule has 150 valence electrons. The second-order valence-electron chi connectivity index (χ2n) is 7.00. The molecule has 9 heteroatoms. The minimum atomic E-state index is -0.293. The Bertz CT molecular complexity index is 982. The zero-order valence-corrected chi connectivity index (χ0v) is 15.9. The number of hydrogen-bond donors (Lipinski definition) is 2. The van der Waals surface area contributed by atoms with Crippen molar-refractivity contribution in [2.45, 2.75) is 19.4 Å². The van der Waals surface area contributed by atoms with E-state index < -0.39 is 0 Å². The quantitative estimate of drug-likeness (QED) is 0.685. The van der Waals surface area contributed by atoms with Crippen LogP contribution in [0, 0.1) is 5.92 Å². The van der Waals surface area contributed by atoms with Gasteiger partial charge in [0.25, 0.3) is 5.91 Å². The van der Waals surface area contributed by atoms with Crippen molar-refractivity contribution in [1.29, 1.82) is 0 Å². The van der Waals surface area contributed by atoms with Gasteiger partial charge in [-0.15, -0.1) is 0 Å². The molecule has 9 nitrogen and oxygen atoms in total. The summed E-state index contributed by atoms with van der Waals surface area (Å²) in [6.45, 7) is 2.04.